The molecule has 2 N–H and O–H groups in total. The van der Waals surface area contributed by atoms with Crippen LogP contribution in [0, 0.1) is 11.7 Å². The average Bonchev–Trinajstić information content (AvgIpc) is 2.48. The summed E-state index contributed by atoms with van der Waals surface area (Å²) in [4.78, 5) is 4.16. The number of aliphatic imine (C=N–C) groups is 1. The van der Waals surface area contributed by atoms with E-state index in [1.165, 1.54) is 24.3 Å². The van der Waals surface area contributed by atoms with Crippen LogP contribution in [0.2, 0.25) is 0 Å². The van der Waals surface area contributed by atoms with Crippen LogP contribution in [0.4, 0.5) is 17.6 Å². The van der Waals surface area contributed by atoms with Crippen molar-refractivity contribution < 1.29 is 27.0 Å². The number of nitrogens with zero attached hydrogens (tertiary/aromatic N) is 1. The fourth-order valence-electron chi connectivity index (χ4n) is 2.78. The first-order chi connectivity index (χ1) is 11.2. The molecule has 1 aliphatic rings. The number of hydrogen-bond donors (Lipinski definition) is 1. The van der Waals surface area contributed by atoms with Crippen LogP contribution < -0.4 is 5.73 Å². The van der Waals surface area contributed by atoms with Gasteiger partial charge in [0.2, 0.25) is 0 Å². The fourth-order valence-corrected chi connectivity index (χ4v) is 2.78. The molecule has 0 saturated carbocycles. The predicted octanol–water partition coefficient (Wildman–Crippen LogP) is 3.14. The van der Waals surface area contributed by atoms with Crippen LogP contribution in [-0.4, -0.2) is 31.5 Å². The van der Waals surface area contributed by atoms with Crippen molar-refractivity contribution in [1.82, 2.24) is 0 Å². The minimum Gasteiger partial charge on any atom is -0.457 e. The van der Waals surface area contributed by atoms with Crippen LogP contribution in [0.1, 0.15) is 12.5 Å². The van der Waals surface area contributed by atoms with Crippen LogP contribution in [0.3, 0.4) is 0 Å². The highest BCUT2D eigenvalue weighted by atomic mass is 19.4. The van der Waals surface area contributed by atoms with Gasteiger partial charge in [-0.2, -0.15) is 13.2 Å². The van der Waals surface area contributed by atoms with Gasteiger partial charge in [0.25, 0.3) is 6.02 Å². The summed E-state index contributed by atoms with van der Waals surface area (Å²) in [5.74, 6) is -1.27. The third-order valence-electron chi connectivity index (χ3n) is 3.93. The molecule has 0 aliphatic carbocycles. The Balaban J connectivity index is 2.37. The first-order valence-corrected chi connectivity index (χ1v) is 7.21. The summed E-state index contributed by atoms with van der Waals surface area (Å²) in [6.45, 7) is 3.42. The topological polar surface area (TPSA) is 56.8 Å². The van der Waals surface area contributed by atoms with E-state index in [0.717, 1.165) is 0 Å². The lowest BCUT2D eigenvalue weighted by Gasteiger charge is -2.41. The molecule has 0 amide bonds. The Labute approximate surface area is 137 Å². The molecule has 0 saturated heterocycles. The first kappa shape index (κ1) is 18.3. The van der Waals surface area contributed by atoms with Crippen LogP contribution in [0.5, 0.6) is 0 Å². The van der Waals surface area contributed by atoms with Gasteiger partial charge >= 0.3 is 6.18 Å². The van der Waals surface area contributed by atoms with E-state index in [2.05, 4.69) is 11.6 Å². The Bertz CT molecular complexity index is 633. The van der Waals surface area contributed by atoms with E-state index in [4.69, 9.17) is 15.2 Å². The molecular formula is C16H18F4N2O2. The maximum absolute atomic E-state index is 14.3. The number of benzene rings is 1. The molecule has 1 heterocycles. The Kier molecular flexibility index (Phi) is 5.17. The summed E-state index contributed by atoms with van der Waals surface area (Å²) < 4.78 is 61.4. The first-order valence-electron chi connectivity index (χ1n) is 7.21. The number of nitrogens with two attached hydrogens (primary N) is 1. The summed E-state index contributed by atoms with van der Waals surface area (Å²) in [6.07, 6.45) is -3.83. The lowest BCUT2D eigenvalue weighted by atomic mass is 9.76. The molecule has 0 radical (unpaired) electrons. The van der Waals surface area contributed by atoms with Crippen molar-refractivity contribution in [3.63, 3.8) is 0 Å². The van der Waals surface area contributed by atoms with E-state index in [1.807, 2.05) is 0 Å². The van der Waals surface area contributed by atoms with Gasteiger partial charge < -0.3 is 15.2 Å². The molecule has 132 valence electrons. The van der Waals surface area contributed by atoms with E-state index < -0.39 is 36.2 Å². The zero-order valence-corrected chi connectivity index (χ0v) is 13.0. The highest BCUT2D eigenvalue weighted by molar-refractivity contribution is 5.73. The van der Waals surface area contributed by atoms with Gasteiger partial charge in [-0.15, -0.1) is 0 Å². The highest BCUT2D eigenvalue weighted by Gasteiger charge is 2.46. The third-order valence-corrected chi connectivity index (χ3v) is 3.93. The second-order valence-electron chi connectivity index (χ2n) is 5.63. The van der Waals surface area contributed by atoms with E-state index in [0.29, 0.717) is 0 Å². The van der Waals surface area contributed by atoms with Gasteiger partial charge in [0.05, 0.1) is 18.1 Å². The minimum atomic E-state index is -4.46. The van der Waals surface area contributed by atoms with E-state index in [-0.39, 0.29) is 18.2 Å². The number of ether oxygens (including phenoxy) is 2. The van der Waals surface area contributed by atoms with E-state index in [1.54, 1.807) is 13.0 Å². The maximum atomic E-state index is 14.3. The summed E-state index contributed by atoms with van der Waals surface area (Å²) >= 11 is 0. The van der Waals surface area contributed by atoms with Crippen molar-refractivity contribution in [2.24, 2.45) is 16.6 Å². The van der Waals surface area contributed by atoms with Crippen molar-refractivity contribution in [3.8, 4) is 0 Å². The van der Waals surface area contributed by atoms with Gasteiger partial charge in [-0.3, -0.25) is 0 Å². The van der Waals surface area contributed by atoms with Gasteiger partial charge in [0, 0.05) is 5.56 Å². The quantitative estimate of drug-likeness (QED) is 0.658. The normalized spacial score (nSPS) is 27.3. The molecule has 0 bridgehead atoms. The Hall–Kier alpha value is -2.09. The maximum Gasteiger partial charge on any atom is 0.411 e. The Morgan fingerprint density at radius 3 is 2.67 bits per heavy atom. The summed E-state index contributed by atoms with van der Waals surface area (Å²) in [5.41, 5.74) is 4.61. The number of hydrogen-bond acceptors (Lipinski definition) is 4. The molecule has 3 atom stereocenters. The molecule has 8 heteroatoms. The van der Waals surface area contributed by atoms with Gasteiger partial charge in [0.15, 0.2) is 0 Å². The van der Waals surface area contributed by atoms with Gasteiger partial charge in [-0.25, -0.2) is 9.38 Å². The van der Waals surface area contributed by atoms with Crippen molar-refractivity contribution in [1.29, 1.82) is 0 Å². The van der Waals surface area contributed by atoms with Crippen LogP contribution in [-0.2, 0) is 15.0 Å². The standard InChI is InChI=1S/C16H18F4N2O2/c1-3-13-11(8-23-9-16(18,19)20)15(2,22-14(21)24-13)10-6-4-5-7-12(10)17/h3-7,11,13H,1,8-9H2,2H3,(H2,21,22). The predicted molar refractivity (Wildman–Crippen MR) is 80.8 cm³/mol. The largest absolute Gasteiger partial charge is 0.457 e. The van der Waals surface area contributed by atoms with Crippen molar-refractivity contribution in [2.75, 3.05) is 13.2 Å². The molecular weight excluding hydrogens is 328 g/mol. The molecule has 1 aromatic rings. The molecule has 0 aromatic heterocycles. The zero-order chi connectivity index (χ0) is 18.0. The molecule has 3 unspecified atom stereocenters. The SMILES string of the molecule is C=CC1OC(N)=NC(C)(c2ccccc2F)C1COCC(F)(F)F. The molecule has 0 spiro atoms. The second kappa shape index (κ2) is 6.80. The molecule has 4 nitrogen and oxygen atoms in total. The van der Waals surface area contributed by atoms with E-state index in [9.17, 15) is 17.6 Å². The third kappa shape index (κ3) is 3.87. The summed E-state index contributed by atoms with van der Waals surface area (Å²) in [6, 6.07) is 5.70. The van der Waals surface area contributed by atoms with Crippen molar-refractivity contribution in [2.45, 2.75) is 24.7 Å². The van der Waals surface area contributed by atoms with Gasteiger partial charge in [0.1, 0.15) is 18.5 Å². The molecule has 0 fully saturated rings. The van der Waals surface area contributed by atoms with Crippen molar-refractivity contribution in [3.05, 3.63) is 48.3 Å². The second-order valence-corrected chi connectivity index (χ2v) is 5.63. The lowest BCUT2D eigenvalue weighted by molar-refractivity contribution is -0.180. The molecule has 1 aromatic carbocycles. The van der Waals surface area contributed by atoms with Crippen LogP contribution >= 0.6 is 0 Å². The highest BCUT2D eigenvalue weighted by Crippen LogP contribution is 2.41. The van der Waals surface area contributed by atoms with Crippen LogP contribution in [0.25, 0.3) is 0 Å². The summed E-state index contributed by atoms with van der Waals surface area (Å²) in [5, 5.41) is 0. The number of amidine groups is 1. The molecule has 2 rings (SSSR count). The number of halogens is 4. The number of rotatable bonds is 5. The molecule has 1 aliphatic heterocycles. The minimum absolute atomic E-state index is 0.183. The van der Waals surface area contributed by atoms with E-state index >= 15 is 0 Å². The molecule has 24 heavy (non-hydrogen) atoms. The average molecular weight is 346 g/mol. The summed E-state index contributed by atoms with van der Waals surface area (Å²) in [7, 11) is 0. The zero-order valence-electron chi connectivity index (χ0n) is 13.0. The smallest absolute Gasteiger partial charge is 0.411 e. The Morgan fingerprint density at radius 2 is 2.08 bits per heavy atom. The van der Waals surface area contributed by atoms with Crippen LogP contribution in [0.15, 0.2) is 41.9 Å². The van der Waals surface area contributed by atoms with Crippen molar-refractivity contribution >= 4 is 6.02 Å². The Morgan fingerprint density at radius 1 is 1.42 bits per heavy atom. The number of alkyl halides is 3. The van der Waals surface area contributed by atoms with Gasteiger partial charge in [-0.05, 0) is 13.0 Å². The lowest BCUT2D eigenvalue weighted by Crippen LogP contribution is -2.49. The van der Waals surface area contributed by atoms with Gasteiger partial charge in [-0.1, -0.05) is 30.9 Å². The monoisotopic (exact) mass is 346 g/mol. The fraction of sp³-hybridized carbons (Fsp3) is 0.438.